The predicted molar refractivity (Wildman–Crippen MR) is 91.7 cm³/mol. The molecule has 0 saturated heterocycles. The van der Waals surface area contributed by atoms with E-state index in [0.717, 1.165) is 33.4 Å². The number of benzene rings is 2. The molecule has 2 heterocycles. The average Bonchev–Trinajstić information content (AvgIpc) is 3.09. The topological polar surface area (TPSA) is 62.7 Å². The molecule has 0 aliphatic rings. The maximum Gasteiger partial charge on any atom is 0.257 e. The summed E-state index contributed by atoms with van der Waals surface area (Å²) in [6, 6.07) is 13.4. The zero-order chi connectivity index (χ0) is 16.0. The summed E-state index contributed by atoms with van der Waals surface area (Å²) in [4.78, 5) is 20.2. The van der Waals surface area contributed by atoms with Crippen molar-refractivity contribution in [3.05, 3.63) is 60.0 Å². The number of fused-ring (bicyclic) bond motifs is 2. The summed E-state index contributed by atoms with van der Waals surface area (Å²) in [5.74, 6) is 0.741. The first-order valence-corrected chi connectivity index (χ1v) is 7.43. The highest BCUT2D eigenvalue weighted by atomic mass is 16.1. The second-order valence-corrected chi connectivity index (χ2v) is 5.68. The number of hydrogen-bond acceptors (Lipinski definition) is 2. The molecule has 5 heteroatoms. The van der Waals surface area contributed by atoms with Crippen molar-refractivity contribution < 1.29 is 4.79 Å². The molecule has 0 aliphatic carbocycles. The van der Waals surface area contributed by atoms with Crippen LogP contribution in [-0.4, -0.2) is 20.4 Å². The third kappa shape index (κ3) is 2.26. The number of aryl methyl sites for hydroxylation is 2. The van der Waals surface area contributed by atoms with E-state index in [-0.39, 0.29) is 5.91 Å². The molecule has 0 radical (unpaired) electrons. The summed E-state index contributed by atoms with van der Waals surface area (Å²) in [5.41, 5.74) is 4.15. The largest absolute Gasteiger partial charge is 0.350 e. The molecule has 2 aromatic heterocycles. The highest BCUT2D eigenvalue weighted by Gasteiger charge is 2.13. The molecule has 0 atom stereocenters. The van der Waals surface area contributed by atoms with Crippen LogP contribution in [-0.2, 0) is 7.05 Å². The highest BCUT2D eigenvalue weighted by molar-refractivity contribution is 6.12. The molecule has 1 amide bonds. The Morgan fingerprint density at radius 3 is 2.96 bits per heavy atom. The van der Waals surface area contributed by atoms with Gasteiger partial charge in [-0.15, -0.1) is 0 Å². The maximum absolute atomic E-state index is 12.7. The molecule has 2 aromatic carbocycles. The van der Waals surface area contributed by atoms with E-state index in [1.807, 2.05) is 67.2 Å². The number of imidazole rings is 1. The molecular formula is C18H16N4O. The number of anilines is 1. The standard InChI is InChI=1S/C18H16N4O/c1-11-19-15-7-6-13(10-16(15)20-11)21-18(23)14-5-3-4-12-8-9-22(2)17(12)14/h3-10H,1-2H3,(H,19,20)(H,21,23). The highest BCUT2D eigenvalue weighted by Crippen LogP contribution is 2.22. The van der Waals surface area contributed by atoms with Gasteiger partial charge >= 0.3 is 0 Å². The quantitative estimate of drug-likeness (QED) is 0.594. The molecule has 4 aromatic rings. The molecular weight excluding hydrogens is 288 g/mol. The van der Waals surface area contributed by atoms with Crippen molar-refractivity contribution in [3.63, 3.8) is 0 Å². The summed E-state index contributed by atoms with van der Waals surface area (Å²) < 4.78 is 1.96. The number of nitrogens with zero attached hydrogens (tertiary/aromatic N) is 2. The minimum absolute atomic E-state index is 0.118. The third-order valence-corrected chi connectivity index (χ3v) is 4.00. The van der Waals surface area contributed by atoms with Crippen molar-refractivity contribution in [2.45, 2.75) is 6.92 Å². The fraction of sp³-hybridized carbons (Fsp3) is 0.111. The number of nitrogens with one attached hydrogen (secondary N) is 2. The summed E-state index contributed by atoms with van der Waals surface area (Å²) in [6.07, 6.45) is 1.96. The fourth-order valence-electron chi connectivity index (χ4n) is 2.95. The first-order valence-electron chi connectivity index (χ1n) is 7.43. The van der Waals surface area contributed by atoms with Gasteiger partial charge in [0.2, 0.25) is 0 Å². The molecule has 0 aliphatic heterocycles. The van der Waals surface area contributed by atoms with E-state index in [0.29, 0.717) is 5.56 Å². The molecule has 0 bridgehead atoms. The predicted octanol–water partition coefficient (Wildman–Crippen LogP) is 3.62. The smallest absolute Gasteiger partial charge is 0.257 e. The van der Waals surface area contributed by atoms with E-state index < -0.39 is 0 Å². The normalized spacial score (nSPS) is 11.2. The van der Waals surface area contributed by atoms with E-state index in [1.54, 1.807) is 0 Å². The average molecular weight is 304 g/mol. The van der Waals surface area contributed by atoms with Crippen LogP contribution in [0.25, 0.3) is 21.9 Å². The van der Waals surface area contributed by atoms with E-state index in [2.05, 4.69) is 15.3 Å². The van der Waals surface area contributed by atoms with Crippen LogP contribution in [0.15, 0.2) is 48.7 Å². The van der Waals surface area contributed by atoms with Crippen molar-refractivity contribution in [2.75, 3.05) is 5.32 Å². The lowest BCUT2D eigenvalue weighted by Gasteiger charge is -2.08. The van der Waals surface area contributed by atoms with Crippen LogP contribution in [0.5, 0.6) is 0 Å². The van der Waals surface area contributed by atoms with Gasteiger partial charge in [0, 0.05) is 24.3 Å². The van der Waals surface area contributed by atoms with Crippen LogP contribution < -0.4 is 5.32 Å². The molecule has 23 heavy (non-hydrogen) atoms. The summed E-state index contributed by atoms with van der Waals surface area (Å²) in [6.45, 7) is 1.91. The Bertz CT molecular complexity index is 1040. The number of aromatic amines is 1. The Labute approximate surface area is 133 Å². The molecule has 0 saturated carbocycles. The molecule has 5 nitrogen and oxygen atoms in total. The Morgan fingerprint density at radius 1 is 1.22 bits per heavy atom. The number of H-pyrrole nitrogens is 1. The van der Waals surface area contributed by atoms with Crippen LogP contribution in [0, 0.1) is 6.92 Å². The van der Waals surface area contributed by atoms with E-state index in [1.165, 1.54) is 0 Å². The summed E-state index contributed by atoms with van der Waals surface area (Å²) >= 11 is 0. The molecule has 0 unspecified atom stereocenters. The van der Waals surface area contributed by atoms with Gasteiger partial charge in [0.15, 0.2) is 0 Å². The SMILES string of the molecule is Cc1nc2ccc(NC(=O)c3cccc4ccn(C)c34)cc2[nH]1. The number of aromatic nitrogens is 3. The number of para-hydroxylation sites is 1. The van der Waals surface area contributed by atoms with Gasteiger partial charge in [-0.2, -0.15) is 0 Å². The first kappa shape index (κ1) is 13.6. The number of carbonyl (C=O) groups is 1. The summed E-state index contributed by atoms with van der Waals surface area (Å²) in [5, 5.41) is 4.02. The van der Waals surface area contributed by atoms with Gasteiger partial charge in [-0.1, -0.05) is 12.1 Å². The van der Waals surface area contributed by atoms with E-state index in [4.69, 9.17) is 0 Å². The number of rotatable bonds is 2. The van der Waals surface area contributed by atoms with Crippen LogP contribution in [0.4, 0.5) is 5.69 Å². The Morgan fingerprint density at radius 2 is 2.09 bits per heavy atom. The zero-order valence-corrected chi connectivity index (χ0v) is 12.9. The Kier molecular flexibility index (Phi) is 2.94. The molecule has 0 fully saturated rings. The van der Waals surface area contributed by atoms with Crippen LogP contribution in [0.1, 0.15) is 16.2 Å². The number of carbonyl (C=O) groups excluding carboxylic acids is 1. The van der Waals surface area contributed by atoms with Crippen LogP contribution in [0.3, 0.4) is 0 Å². The second kappa shape index (κ2) is 4.98. The van der Waals surface area contributed by atoms with Crippen LogP contribution >= 0.6 is 0 Å². The van der Waals surface area contributed by atoms with Gasteiger partial charge < -0.3 is 14.9 Å². The van der Waals surface area contributed by atoms with Crippen molar-refractivity contribution in [1.29, 1.82) is 0 Å². The minimum atomic E-state index is -0.118. The zero-order valence-electron chi connectivity index (χ0n) is 12.9. The van der Waals surface area contributed by atoms with E-state index >= 15 is 0 Å². The lowest BCUT2D eigenvalue weighted by molar-refractivity contribution is 0.102. The fourth-order valence-corrected chi connectivity index (χ4v) is 2.95. The number of amides is 1. The minimum Gasteiger partial charge on any atom is -0.350 e. The molecule has 114 valence electrons. The summed E-state index contributed by atoms with van der Waals surface area (Å²) in [7, 11) is 1.94. The second-order valence-electron chi connectivity index (χ2n) is 5.68. The monoisotopic (exact) mass is 304 g/mol. The van der Waals surface area contributed by atoms with Gasteiger partial charge in [-0.3, -0.25) is 4.79 Å². The Hall–Kier alpha value is -3.08. The van der Waals surface area contributed by atoms with Gasteiger partial charge in [0.25, 0.3) is 5.91 Å². The molecule has 2 N–H and O–H groups in total. The van der Waals surface area contributed by atoms with Gasteiger partial charge in [0.1, 0.15) is 5.82 Å². The van der Waals surface area contributed by atoms with E-state index in [9.17, 15) is 4.79 Å². The lowest BCUT2D eigenvalue weighted by atomic mass is 10.1. The van der Waals surface area contributed by atoms with Crippen molar-refractivity contribution in [1.82, 2.24) is 14.5 Å². The van der Waals surface area contributed by atoms with Crippen molar-refractivity contribution in [2.24, 2.45) is 7.05 Å². The first-order chi connectivity index (χ1) is 11.1. The number of hydrogen-bond donors (Lipinski definition) is 2. The third-order valence-electron chi connectivity index (χ3n) is 4.00. The van der Waals surface area contributed by atoms with Crippen LogP contribution in [0.2, 0.25) is 0 Å². The van der Waals surface area contributed by atoms with Gasteiger partial charge in [0.05, 0.1) is 22.1 Å². The van der Waals surface area contributed by atoms with Gasteiger partial charge in [-0.05, 0) is 37.3 Å². The van der Waals surface area contributed by atoms with Crippen molar-refractivity contribution >= 4 is 33.5 Å². The maximum atomic E-state index is 12.7. The van der Waals surface area contributed by atoms with Gasteiger partial charge in [-0.25, -0.2) is 4.98 Å². The Balaban J connectivity index is 1.71. The molecule has 0 spiro atoms. The van der Waals surface area contributed by atoms with Crippen molar-refractivity contribution in [3.8, 4) is 0 Å². The lowest BCUT2D eigenvalue weighted by Crippen LogP contribution is -2.13. The molecule has 4 rings (SSSR count).